The fraction of sp³-hybridized carbons (Fsp3) is 0.235. The molecule has 1 unspecified atom stereocenters. The van der Waals surface area contributed by atoms with E-state index in [0.29, 0.717) is 14.2 Å². The Morgan fingerprint density at radius 2 is 2.07 bits per heavy atom. The molecule has 0 bridgehead atoms. The van der Waals surface area contributed by atoms with Gasteiger partial charge in [0.15, 0.2) is 9.84 Å². The SMILES string of the molecule is O=C(CCN1C(=O)C(=Cc2ccc(Cl)cc2)SC1=S)NC1C=CS(=O)(=O)C1. The Kier molecular flexibility index (Phi) is 6.05. The Hall–Kier alpha value is -1.68. The first-order valence-electron chi connectivity index (χ1n) is 7.95. The molecule has 0 aromatic heterocycles. The maximum atomic E-state index is 12.5. The van der Waals surface area contributed by atoms with Crippen molar-refractivity contribution in [2.45, 2.75) is 12.5 Å². The second-order valence-corrected chi connectivity index (χ2v) is 10.0. The lowest BCUT2D eigenvalue weighted by Gasteiger charge is -2.15. The fourth-order valence-electron chi connectivity index (χ4n) is 2.56. The van der Waals surface area contributed by atoms with Crippen molar-refractivity contribution in [1.29, 1.82) is 0 Å². The Bertz CT molecular complexity index is 955. The monoisotopic (exact) mass is 442 g/mol. The highest BCUT2D eigenvalue weighted by Gasteiger charge is 2.32. The van der Waals surface area contributed by atoms with E-state index >= 15 is 0 Å². The highest BCUT2D eigenvalue weighted by molar-refractivity contribution is 8.26. The second kappa shape index (κ2) is 8.14. The van der Waals surface area contributed by atoms with Gasteiger partial charge in [0.1, 0.15) is 4.32 Å². The highest BCUT2D eigenvalue weighted by Crippen LogP contribution is 2.32. The fourth-order valence-corrected chi connectivity index (χ4v) is 5.23. The molecule has 1 N–H and O–H groups in total. The molecule has 27 heavy (non-hydrogen) atoms. The predicted molar refractivity (Wildman–Crippen MR) is 111 cm³/mol. The summed E-state index contributed by atoms with van der Waals surface area (Å²) >= 11 is 12.3. The van der Waals surface area contributed by atoms with Crippen LogP contribution in [0.5, 0.6) is 0 Å². The van der Waals surface area contributed by atoms with Crippen LogP contribution in [0.25, 0.3) is 6.08 Å². The number of nitrogens with one attached hydrogen (secondary N) is 1. The number of carbonyl (C=O) groups excluding carboxylic acids is 2. The molecular formula is C17H15ClN2O4S3. The van der Waals surface area contributed by atoms with Crippen LogP contribution < -0.4 is 5.32 Å². The molecule has 1 atom stereocenters. The third-order valence-electron chi connectivity index (χ3n) is 3.88. The van der Waals surface area contributed by atoms with Gasteiger partial charge in [-0.2, -0.15) is 0 Å². The number of hydrogen-bond donors (Lipinski definition) is 1. The van der Waals surface area contributed by atoms with E-state index in [4.69, 9.17) is 23.8 Å². The summed E-state index contributed by atoms with van der Waals surface area (Å²) in [6.07, 6.45) is 3.20. The summed E-state index contributed by atoms with van der Waals surface area (Å²) in [6.45, 7) is 0.137. The van der Waals surface area contributed by atoms with Gasteiger partial charge < -0.3 is 5.32 Å². The predicted octanol–water partition coefficient (Wildman–Crippen LogP) is 2.36. The first-order valence-corrected chi connectivity index (χ1v) is 11.3. The van der Waals surface area contributed by atoms with Gasteiger partial charge in [-0.25, -0.2) is 8.42 Å². The normalized spacial score (nSPS) is 22.6. The minimum Gasteiger partial charge on any atom is -0.349 e. The molecule has 1 fully saturated rings. The summed E-state index contributed by atoms with van der Waals surface area (Å²) in [5, 5.41) is 4.33. The molecule has 1 aromatic carbocycles. The number of benzene rings is 1. The largest absolute Gasteiger partial charge is 0.349 e. The molecule has 2 aliphatic rings. The van der Waals surface area contributed by atoms with E-state index in [1.807, 2.05) is 0 Å². The zero-order chi connectivity index (χ0) is 19.6. The molecule has 0 spiro atoms. The van der Waals surface area contributed by atoms with Gasteiger partial charge in [-0.05, 0) is 29.8 Å². The van der Waals surface area contributed by atoms with Crippen LogP contribution in [0.1, 0.15) is 12.0 Å². The molecule has 6 nitrogen and oxygen atoms in total. The summed E-state index contributed by atoms with van der Waals surface area (Å²) in [7, 11) is -3.23. The van der Waals surface area contributed by atoms with E-state index in [-0.39, 0.29) is 30.5 Å². The number of thioether (sulfide) groups is 1. The lowest BCUT2D eigenvalue weighted by Crippen LogP contribution is -2.38. The van der Waals surface area contributed by atoms with Gasteiger partial charge in [-0.3, -0.25) is 14.5 Å². The van der Waals surface area contributed by atoms with Crippen LogP contribution in [0.2, 0.25) is 5.02 Å². The Morgan fingerprint density at radius 3 is 2.70 bits per heavy atom. The van der Waals surface area contributed by atoms with E-state index in [1.54, 1.807) is 30.3 Å². The number of halogens is 1. The van der Waals surface area contributed by atoms with Gasteiger partial charge in [0.25, 0.3) is 5.91 Å². The van der Waals surface area contributed by atoms with E-state index in [2.05, 4.69) is 5.32 Å². The number of carbonyl (C=O) groups is 2. The van der Waals surface area contributed by atoms with Crippen LogP contribution in [-0.2, 0) is 19.4 Å². The summed E-state index contributed by atoms with van der Waals surface area (Å²) in [5.74, 6) is -0.725. The first-order chi connectivity index (χ1) is 12.7. The summed E-state index contributed by atoms with van der Waals surface area (Å²) in [4.78, 5) is 26.4. The van der Waals surface area contributed by atoms with Crippen molar-refractivity contribution in [3.8, 4) is 0 Å². The molecule has 2 heterocycles. The molecule has 2 amide bonds. The summed E-state index contributed by atoms with van der Waals surface area (Å²) in [6, 6.07) is 6.53. The number of amides is 2. The highest BCUT2D eigenvalue weighted by atomic mass is 35.5. The lowest BCUT2D eigenvalue weighted by atomic mass is 10.2. The molecule has 0 saturated carbocycles. The van der Waals surface area contributed by atoms with Gasteiger partial charge in [0, 0.05) is 23.4 Å². The van der Waals surface area contributed by atoms with Crippen molar-refractivity contribution >= 4 is 67.6 Å². The van der Waals surface area contributed by atoms with Crippen molar-refractivity contribution in [3.05, 3.63) is 51.2 Å². The molecule has 1 saturated heterocycles. The van der Waals surface area contributed by atoms with Crippen LogP contribution in [0.4, 0.5) is 0 Å². The maximum absolute atomic E-state index is 12.5. The molecule has 0 aliphatic carbocycles. The first kappa shape index (κ1) is 20.1. The van der Waals surface area contributed by atoms with Crippen molar-refractivity contribution < 1.29 is 18.0 Å². The average molecular weight is 443 g/mol. The molecular weight excluding hydrogens is 428 g/mol. The van der Waals surface area contributed by atoms with Crippen LogP contribution in [0.3, 0.4) is 0 Å². The van der Waals surface area contributed by atoms with Gasteiger partial charge in [0.2, 0.25) is 5.91 Å². The maximum Gasteiger partial charge on any atom is 0.266 e. The smallest absolute Gasteiger partial charge is 0.266 e. The van der Waals surface area contributed by atoms with E-state index in [1.165, 1.54) is 22.7 Å². The van der Waals surface area contributed by atoms with Gasteiger partial charge >= 0.3 is 0 Å². The molecule has 1 aromatic rings. The molecule has 3 rings (SSSR count). The summed E-state index contributed by atoms with van der Waals surface area (Å²) in [5.41, 5.74) is 0.826. The second-order valence-electron chi connectivity index (χ2n) is 5.97. The van der Waals surface area contributed by atoms with Crippen LogP contribution >= 0.6 is 35.6 Å². The Labute approximate surface area is 171 Å². The van der Waals surface area contributed by atoms with Gasteiger partial charge in [-0.15, -0.1) is 0 Å². The molecule has 2 aliphatic heterocycles. The number of nitrogens with zero attached hydrogens (tertiary/aromatic N) is 1. The van der Waals surface area contributed by atoms with Crippen molar-refractivity contribution in [3.63, 3.8) is 0 Å². The topological polar surface area (TPSA) is 83.6 Å². The molecule has 142 valence electrons. The van der Waals surface area contributed by atoms with E-state index in [9.17, 15) is 18.0 Å². The Morgan fingerprint density at radius 1 is 1.37 bits per heavy atom. The standard InChI is InChI=1S/C17H15ClN2O4S3/c18-12-3-1-11(2-4-12)9-14-16(22)20(17(25)26-14)7-5-15(21)19-13-6-8-27(23,24)10-13/h1-4,6,8-9,13H,5,7,10H2,(H,19,21). The molecule has 10 heteroatoms. The number of rotatable bonds is 5. The molecule has 0 radical (unpaired) electrons. The van der Waals surface area contributed by atoms with Crippen molar-refractivity contribution in [2.75, 3.05) is 12.3 Å². The quantitative estimate of drug-likeness (QED) is 0.556. The van der Waals surface area contributed by atoms with Gasteiger partial charge in [-0.1, -0.05) is 47.7 Å². The number of sulfone groups is 1. The minimum atomic E-state index is -3.23. The van der Waals surface area contributed by atoms with E-state index in [0.717, 1.165) is 11.0 Å². The summed E-state index contributed by atoms with van der Waals surface area (Å²) < 4.78 is 23.1. The Balaban J connectivity index is 1.57. The van der Waals surface area contributed by atoms with Crippen LogP contribution in [0, 0.1) is 0 Å². The number of thiocarbonyl (C=S) groups is 1. The van der Waals surface area contributed by atoms with E-state index < -0.39 is 15.9 Å². The van der Waals surface area contributed by atoms with Crippen LogP contribution in [-0.4, -0.2) is 47.8 Å². The third kappa shape index (κ3) is 5.19. The number of hydrogen-bond acceptors (Lipinski definition) is 6. The van der Waals surface area contributed by atoms with Gasteiger partial charge in [0.05, 0.1) is 16.7 Å². The van der Waals surface area contributed by atoms with Crippen molar-refractivity contribution in [2.24, 2.45) is 0 Å². The third-order valence-corrected chi connectivity index (χ3v) is 6.91. The lowest BCUT2D eigenvalue weighted by molar-refractivity contribution is -0.124. The zero-order valence-electron chi connectivity index (χ0n) is 13.9. The minimum absolute atomic E-state index is 0.0328. The average Bonchev–Trinajstić information content (AvgIpc) is 3.07. The van der Waals surface area contributed by atoms with Crippen LogP contribution in [0.15, 0.2) is 40.7 Å². The van der Waals surface area contributed by atoms with Crippen molar-refractivity contribution in [1.82, 2.24) is 10.2 Å². The zero-order valence-corrected chi connectivity index (χ0v) is 17.1.